The summed E-state index contributed by atoms with van der Waals surface area (Å²) >= 11 is 0. The van der Waals surface area contributed by atoms with E-state index in [1.807, 2.05) is 24.3 Å². The van der Waals surface area contributed by atoms with Crippen molar-refractivity contribution in [3.8, 4) is 11.1 Å². The van der Waals surface area contributed by atoms with Gasteiger partial charge in [-0.2, -0.15) is 0 Å². The van der Waals surface area contributed by atoms with Crippen molar-refractivity contribution < 1.29 is 9.90 Å². The zero-order chi connectivity index (χ0) is 19.9. The molecule has 1 heterocycles. The highest BCUT2D eigenvalue weighted by atomic mass is 16.4. The van der Waals surface area contributed by atoms with Crippen molar-refractivity contribution in [3.05, 3.63) is 60.2 Å². The van der Waals surface area contributed by atoms with E-state index in [4.69, 9.17) is 10.1 Å². The van der Waals surface area contributed by atoms with E-state index in [1.54, 1.807) is 11.9 Å². The van der Waals surface area contributed by atoms with Crippen LogP contribution in [0.25, 0.3) is 22.0 Å². The second-order valence-corrected chi connectivity index (χ2v) is 7.31. The predicted octanol–water partition coefficient (Wildman–Crippen LogP) is 5.55. The van der Waals surface area contributed by atoms with E-state index < -0.39 is 5.97 Å². The highest BCUT2D eigenvalue weighted by molar-refractivity contribution is 5.96. The average Bonchev–Trinajstić information content (AvgIpc) is 2.70. The van der Waals surface area contributed by atoms with Crippen LogP contribution < -0.4 is 4.90 Å². The second kappa shape index (κ2) is 9.36. The maximum atomic E-state index is 11.2. The fourth-order valence-corrected chi connectivity index (χ4v) is 3.51. The molecule has 3 rings (SSSR count). The lowest BCUT2D eigenvalue weighted by Crippen LogP contribution is -2.26. The van der Waals surface area contributed by atoms with E-state index in [9.17, 15) is 4.79 Å². The lowest BCUT2D eigenvalue weighted by atomic mass is 9.98. The summed E-state index contributed by atoms with van der Waals surface area (Å²) in [7, 11) is 1.77. The molecular formula is C24H28N2O2. The average molecular weight is 377 g/mol. The summed E-state index contributed by atoms with van der Waals surface area (Å²) in [5.41, 5.74) is 4.39. The Hall–Kier alpha value is -2.88. The van der Waals surface area contributed by atoms with Crippen LogP contribution in [0.4, 0.5) is 5.82 Å². The van der Waals surface area contributed by atoms with Crippen LogP contribution in [0, 0.1) is 0 Å². The Morgan fingerprint density at radius 1 is 1.04 bits per heavy atom. The van der Waals surface area contributed by atoms with Gasteiger partial charge in [0.2, 0.25) is 0 Å². The number of nitrogens with zero attached hydrogens (tertiary/aromatic N) is 2. The molecule has 2 aromatic carbocycles. The summed E-state index contributed by atoms with van der Waals surface area (Å²) in [4.78, 5) is 17.6. The van der Waals surface area contributed by atoms with Crippen LogP contribution in [0.15, 0.2) is 54.6 Å². The van der Waals surface area contributed by atoms with Crippen molar-refractivity contribution in [2.45, 2.75) is 39.0 Å². The first-order valence-corrected chi connectivity index (χ1v) is 10.0. The molecular weight excluding hydrogens is 348 g/mol. The van der Waals surface area contributed by atoms with Crippen LogP contribution in [0.2, 0.25) is 0 Å². The number of hydrogen-bond donors (Lipinski definition) is 1. The number of benzene rings is 2. The molecule has 28 heavy (non-hydrogen) atoms. The molecule has 0 saturated carbocycles. The van der Waals surface area contributed by atoms with Gasteiger partial charge in [0, 0.05) is 12.4 Å². The Bertz CT molecular complexity index is 938. The third-order valence-corrected chi connectivity index (χ3v) is 5.03. The van der Waals surface area contributed by atoms with Gasteiger partial charge in [-0.15, -0.1) is 0 Å². The molecule has 3 aromatic rings. The molecule has 0 saturated heterocycles. The van der Waals surface area contributed by atoms with E-state index in [0.717, 1.165) is 28.5 Å². The molecule has 0 bridgehead atoms. The summed E-state index contributed by atoms with van der Waals surface area (Å²) in [5, 5.41) is 10.3. The van der Waals surface area contributed by atoms with Gasteiger partial charge in [0.15, 0.2) is 0 Å². The van der Waals surface area contributed by atoms with Crippen LogP contribution in [-0.4, -0.2) is 29.7 Å². The van der Waals surface area contributed by atoms with Crippen LogP contribution in [0.5, 0.6) is 0 Å². The van der Waals surface area contributed by atoms with Crippen LogP contribution in [0.3, 0.4) is 0 Å². The fraction of sp³-hybridized carbons (Fsp3) is 0.333. The van der Waals surface area contributed by atoms with Crippen molar-refractivity contribution in [2.24, 2.45) is 0 Å². The standard InChI is InChI=1S/C24H28N2O2/c1-3-4-5-7-10-18-13-14-20-21(19-11-8-6-9-12-19)16-23(25-22(20)15-18)26(2)17-24(27)28/h6,8-9,11-16H,3-5,7,10,17H2,1-2H3,(H,27,28). The molecule has 0 atom stereocenters. The Morgan fingerprint density at radius 2 is 1.82 bits per heavy atom. The Balaban J connectivity index is 2.02. The van der Waals surface area contributed by atoms with Crippen molar-refractivity contribution in [2.75, 3.05) is 18.5 Å². The van der Waals surface area contributed by atoms with E-state index in [2.05, 4.69) is 37.3 Å². The number of likely N-dealkylation sites (N-methyl/N-ethyl adjacent to an activating group) is 1. The van der Waals surface area contributed by atoms with E-state index in [1.165, 1.54) is 31.2 Å². The molecule has 1 aromatic heterocycles. The number of fused-ring (bicyclic) bond motifs is 1. The first kappa shape index (κ1) is 19.9. The largest absolute Gasteiger partial charge is 0.480 e. The minimum atomic E-state index is -0.865. The highest BCUT2D eigenvalue weighted by Crippen LogP contribution is 2.32. The van der Waals surface area contributed by atoms with Gasteiger partial charge in [-0.1, -0.05) is 68.7 Å². The summed E-state index contributed by atoms with van der Waals surface area (Å²) < 4.78 is 0. The number of aromatic nitrogens is 1. The zero-order valence-corrected chi connectivity index (χ0v) is 16.7. The molecule has 0 aliphatic carbocycles. The smallest absolute Gasteiger partial charge is 0.323 e. The molecule has 4 heteroatoms. The number of carboxylic acid groups (broad SMARTS) is 1. The summed E-state index contributed by atoms with van der Waals surface area (Å²) in [6.07, 6.45) is 5.99. The molecule has 0 fully saturated rings. The van der Waals surface area contributed by atoms with Gasteiger partial charge in [-0.3, -0.25) is 4.79 Å². The van der Waals surface area contributed by atoms with Crippen molar-refractivity contribution in [3.63, 3.8) is 0 Å². The first-order valence-electron chi connectivity index (χ1n) is 10.0. The molecule has 0 spiro atoms. The second-order valence-electron chi connectivity index (χ2n) is 7.31. The quantitative estimate of drug-likeness (QED) is 0.498. The van der Waals surface area contributed by atoms with Gasteiger partial charge in [-0.25, -0.2) is 4.98 Å². The molecule has 0 amide bonds. The summed E-state index contributed by atoms with van der Waals surface area (Å²) in [6, 6.07) is 18.7. The summed E-state index contributed by atoms with van der Waals surface area (Å²) in [6.45, 7) is 2.14. The molecule has 0 radical (unpaired) electrons. The van der Waals surface area contributed by atoms with Gasteiger partial charge >= 0.3 is 5.97 Å². The maximum absolute atomic E-state index is 11.2. The number of pyridine rings is 1. The minimum absolute atomic E-state index is 0.0799. The van der Waals surface area contributed by atoms with E-state index >= 15 is 0 Å². The van der Waals surface area contributed by atoms with Crippen LogP contribution >= 0.6 is 0 Å². The summed E-state index contributed by atoms with van der Waals surface area (Å²) in [5.74, 6) is -0.188. The first-order chi connectivity index (χ1) is 13.6. The highest BCUT2D eigenvalue weighted by Gasteiger charge is 2.13. The number of anilines is 1. The number of hydrogen-bond acceptors (Lipinski definition) is 3. The molecule has 146 valence electrons. The number of carbonyl (C=O) groups is 1. The van der Waals surface area contributed by atoms with E-state index in [-0.39, 0.29) is 6.54 Å². The van der Waals surface area contributed by atoms with Crippen molar-refractivity contribution in [1.82, 2.24) is 4.98 Å². The Labute approximate surface area is 166 Å². The number of unbranched alkanes of at least 4 members (excludes halogenated alkanes) is 3. The minimum Gasteiger partial charge on any atom is -0.480 e. The lowest BCUT2D eigenvalue weighted by molar-refractivity contribution is -0.135. The van der Waals surface area contributed by atoms with Gasteiger partial charge < -0.3 is 10.0 Å². The van der Waals surface area contributed by atoms with Crippen LogP contribution in [-0.2, 0) is 11.2 Å². The molecule has 0 unspecified atom stereocenters. The van der Waals surface area contributed by atoms with Crippen LogP contribution in [0.1, 0.15) is 38.2 Å². The Kier molecular flexibility index (Phi) is 6.64. The number of aryl methyl sites for hydroxylation is 1. The molecule has 0 aliphatic heterocycles. The number of carboxylic acids is 1. The van der Waals surface area contributed by atoms with Crippen molar-refractivity contribution in [1.29, 1.82) is 0 Å². The monoisotopic (exact) mass is 376 g/mol. The maximum Gasteiger partial charge on any atom is 0.323 e. The van der Waals surface area contributed by atoms with Crippen molar-refractivity contribution >= 4 is 22.7 Å². The predicted molar refractivity (Wildman–Crippen MR) is 116 cm³/mol. The Morgan fingerprint density at radius 3 is 2.54 bits per heavy atom. The lowest BCUT2D eigenvalue weighted by Gasteiger charge is -2.18. The normalized spacial score (nSPS) is 10.9. The van der Waals surface area contributed by atoms with Gasteiger partial charge in [-0.05, 0) is 41.7 Å². The molecule has 0 aliphatic rings. The molecule has 4 nitrogen and oxygen atoms in total. The van der Waals surface area contributed by atoms with E-state index in [0.29, 0.717) is 5.82 Å². The fourth-order valence-electron chi connectivity index (χ4n) is 3.51. The zero-order valence-electron chi connectivity index (χ0n) is 16.7. The number of aliphatic carboxylic acids is 1. The number of rotatable bonds is 9. The molecule has 1 N–H and O–H groups in total. The van der Waals surface area contributed by atoms with Gasteiger partial charge in [0.25, 0.3) is 0 Å². The van der Waals surface area contributed by atoms with Gasteiger partial charge in [0.1, 0.15) is 12.4 Å². The SMILES string of the molecule is CCCCCCc1ccc2c(-c3ccccc3)cc(N(C)CC(=O)O)nc2c1. The third kappa shape index (κ3) is 4.89. The third-order valence-electron chi connectivity index (χ3n) is 5.03. The topological polar surface area (TPSA) is 53.4 Å². The van der Waals surface area contributed by atoms with Gasteiger partial charge in [0.05, 0.1) is 5.52 Å².